The minimum absolute atomic E-state index is 0.0687. The lowest BCUT2D eigenvalue weighted by molar-refractivity contribution is -0.130. The molecule has 0 atom stereocenters. The maximum Gasteiger partial charge on any atom is 0.242 e. The standard InChI is InChI=1S/C22H27N3O3/c1-4-5-13-24(2)22(26)15-25-20-12-7-6-11-19(20)23-21(25)16-28-18-10-8-9-17(14-18)27-3/h6-12,14H,4-5,13,15-16H2,1-3H3. The molecular formula is C22H27N3O3. The van der Waals surface area contributed by atoms with Crippen LogP contribution in [0.25, 0.3) is 11.0 Å². The molecule has 6 heteroatoms. The average molecular weight is 381 g/mol. The van der Waals surface area contributed by atoms with E-state index in [1.165, 1.54) is 0 Å². The van der Waals surface area contributed by atoms with E-state index in [1.807, 2.05) is 60.1 Å². The number of rotatable bonds is 9. The van der Waals surface area contributed by atoms with Crippen LogP contribution < -0.4 is 9.47 Å². The van der Waals surface area contributed by atoms with Crippen molar-refractivity contribution in [3.63, 3.8) is 0 Å². The van der Waals surface area contributed by atoms with E-state index in [2.05, 4.69) is 11.9 Å². The Kier molecular flexibility index (Phi) is 6.53. The zero-order valence-corrected chi connectivity index (χ0v) is 16.7. The number of carbonyl (C=O) groups excluding carboxylic acids is 1. The van der Waals surface area contributed by atoms with Gasteiger partial charge in [-0.15, -0.1) is 0 Å². The highest BCUT2D eigenvalue weighted by atomic mass is 16.5. The highest BCUT2D eigenvalue weighted by Crippen LogP contribution is 2.22. The first kappa shape index (κ1) is 19.7. The molecule has 1 aromatic heterocycles. The van der Waals surface area contributed by atoms with Crippen molar-refractivity contribution in [2.24, 2.45) is 0 Å². The highest BCUT2D eigenvalue weighted by Gasteiger charge is 2.16. The molecule has 1 heterocycles. The van der Waals surface area contributed by atoms with Gasteiger partial charge in [-0.3, -0.25) is 4.79 Å². The Hall–Kier alpha value is -3.02. The second-order valence-corrected chi connectivity index (χ2v) is 6.74. The van der Waals surface area contributed by atoms with Crippen molar-refractivity contribution >= 4 is 16.9 Å². The number of hydrogen-bond donors (Lipinski definition) is 0. The van der Waals surface area contributed by atoms with Crippen molar-refractivity contribution < 1.29 is 14.3 Å². The summed E-state index contributed by atoms with van der Waals surface area (Å²) in [6.07, 6.45) is 2.06. The Morgan fingerprint density at radius 3 is 2.71 bits per heavy atom. The molecule has 2 aromatic carbocycles. The van der Waals surface area contributed by atoms with Crippen LogP contribution in [-0.4, -0.2) is 41.1 Å². The van der Waals surface area contributed by atoms with Crippen LogP contribution in [0.5, 0.6) is 11.5 Å². The van der Waals surface area contributed by atoms with Gasteiger partial charge < -0.3 is 18.9 Å². The first-order chi connectivity index (χ1) is 13.6. The SMILES string of the molecule is CCCCN(C)C(=O)Cn1c(COc2cccc(OC)c2)nc2ccccc21. The zero-order valence-electron chi connectivity index (χ0n) is 16.7. The molecule has 0 bridgehead atoms. The molecule has 148 valence electrons. The van der Waals surface area contributed by atoms with E-state index in [1.54, 1.807) is 12.0 Å². The van der Waals surface area contributed by atoms with Crippen LogP contribution in [0.3, 0.4) is 0 Å². The third-order valence-electron chi connectivity index (χ3n) is 4.71. The number of carbonyl (C=O) groups is 1. The van der Waals surface area contributed by atoms with Crippen LogP contribution in [0.1, 0.15) is 25.6 Å². The molecular weight excluding hydrogens is 354 g/mol. The minimum Gasteiger partial charge on any atom is -0.497 e. The molecule has 6 nitrogen and oxygen atoms in total. The summed E-state index contributed by atoms with van der Waals surface area (Å²) in [7, 11) is 3.47. The number of ether oxygens (including phenoxy) is 2. The summed E-state index contributed by atoms with van der Waals surface area (Å²) < 4.78 is 13.1. The van der Waals surface area contributed by atoms with E-state index < -0.39 is 0 Å². The summed E-state index contributed by atoms with van der Waals surface area (Å²) in [6, 6.07) is 15.3. The smallest absolute Gasteiger partial charge is 0.242 e. The molecule has 0 spiro atoms. The molecule has 0 aliphatic rings. The third kappa shape index (κ3) is 4.63. The first-order valence-electron chi connectivity index (χ1n) is 9.57. The summed E-state index contributed by atoms with van der Waals surface area (Å²) in [5.41, 5.74) is 1.79. The monoisotopic (exact) mass is 381 g/mol. The number of benzene rings is 2. The average Bonchev–Trinajstić information content (AvgIpc) is 3.08. The topological polar surface area (TPSA) is 56.6 Å². The maximum absolute atomic E-state index is 12.7. The number of unbranched alkanes of at least 4 members (excludes halogenated alkanes) is 1. The van der Waals surface area contributed by atoms with Gasteiger partial charge >= 0.3 is 0 Å². The van der Waals surface area contributed by atoms with E-state index in [-0.39, 0.29) is 19.1 Å². The van der Waals surface area contributed by atoms with Crippen molar-refractivity contribution in [3.8, 4) is 11.5 Å². The van der Waals surface area contributed by atoms with Crippen LogP contribution in [0.4, 0.5) is 0 Å². The van der Waals surface area contributed by atoms with E-state index in [4.69, 9.17) is 9.47 Å². The van der Waals surface area contributed by atoms with Gasteiger partial charge in [-0.1, -0.05) is 31.5 Å². The second kappa shape index (κ2) is 9.26. The number of methoxy groups -OCH3 is 1. The van der Waals surface area contributed by atoms with Crippen LogP contribution in [0.2, 0.25) is 0 Å². The maximum atomic E-state index is 12.7. The molecule has 0 unspecified atom stereocenters. The second-order valence-electron chi connectivity index (χ2n) is 6.74. The van der Waals surface area contributed by atoms with Gasteiger partial charge in [-0.25, -0.2) is 4.98 Å². The van der Waals surface area contributed by atoms with Gasteiger partial charge in [-0.05, 0) is 30.7 Å². The van der Waals surface area contributed by atoms with Gasteiger partial charge in [0.25, 0.3) is 0 Å². The van der Waals surface area contributed by atoms with Gasteiger partial charge in [0.1, 0.15) is 30.5 Å². The number of imidazole rings is 1. The summed E-state index contributed by atoms with van der Waals surface area (Å²) >= 11 is 0. The van der Waals surface area contributed by atoms with Crippen LogP contribution >= 0.6 is 0 Å². The van der Waals surface area contributed by atoms with Crippen molar-refractivity contribution in [2.45, 2.75) is 32.9 Å². The largest absolute Gasteiger partial charge is 0.497 e. The molecule has 0 fully saturated rings. The van der Waals surface area contributed by atoms with Crippen LogP contribution in [0, 0.1) is 0 Å². The number of nitrogens with zero attached hydrogens (tertiary/aromatic N) is 3. The molecule has 0 N–H and O–H groups in total. The Labute approximate surface area is 165 Å². The van der Waals surface area contributed by atoms with Crippen molar-refractivity contribution in [1.29, 1.82) is 0 Å². The summed E-state index contributed by atoms with van der Waals surface area (Å²) in [5.74, 6) is 2.23. The lowest BCUT2D eigenvalue weighted by Crippen LogP contribution is -2.31. The normalized spacial score (nSPS) is 10.8. The predicted molar refractivity (Wildman–Crippen MR) is 110 cm³/mol. The third-order valence-corrected chi connectivity index (χ3v) is 4.71. The number of amides is 1. The molecule has 28 heavy (non-hydrogen) atoms. The van der Waals surface area contributed by atoms with Gasteiger partial charge in [0.05, 0.1) is 18.1 Å². The number of aromatic nitrogens is 2. The zero-order chi connectivity index (χ0) is 19.9. The minimum atomic E-state index is 0.0687. The quantitative estimate of drug-likeness (QED) is 0.564. The molecule has 0 saturated carbocycles. The van der Waals surface area contributed by atoms with Crippen LogP contribution in [0.15, 0.2) is 48.5 Å². The lowest BCUT2D eigenvalue weighted by atomic mass is 10.3. The number of para-hydroxylation sites is 2. The molecule has 0 radical (unpaired) electrons. The van der Waals surface area contributed by atoms with Gasteiger partial charge in [0.15, 0.2) is 0 Å². The Bertz CT molecular complexity index is 936. The summed E-state index contributed by atoms with van der Waals surface area (Å²) in [5, 5.41) is 0. The Morgan fingerprint density at radius 2 is 1.93 bits per heavy atom. The van der Waals surface area contributed by atoms with Gasteiger partial charge in [0, 0.05) is 19.7 Å². The predicted octanol–water partition coefficient (Wildman–Crippen LogP) is 3.88. The van der Waals surface area contributed by atoms with Crippen LogP contribution in [-0.2, 0) is 17.9 Å². The molecule has 3 aromatic rings. The van der Waals surface area contributed by atoms with E-state index >= 15 is 0 Å². The van der Waals surface area contributed by atoms with Crippen molar-refractivity contribution in [3.05, 3.63) is 54.4 Å². The Morgan fingerprint density at radius 1 is 1.14 bits per heavy atom. The van der Waals surface area contributed by atoms with E-state index in [9.17, 15) is 4.79 Å². The molecule has 0 aliphatic carbocycles. The fourth-order valence-electron chi connectivity index (χ4n) is 3.03. The summed E-state index contributed by atoms with van der Waals surface area (Å²) in [4.78, 5) is 19.2. The van der Waals surface area contributed by atoms with E-state index in [0.29, 0.717) is 5.75 Å². The fraction of sp³-hybridized carbons (Fsp3) is 0.364. The van der Waals surface area contributed by atoms with E-state index in [0.717, 1.165) is 42.0 Å². The highest BCUT2D eigenvalue weighted by molar-refractivity contribution is 5.81. The molecule has 0 aliphatic heterocycles. The summed E-state index contributed by atoms with van der Waals surface area (Å²) in [6.45, 7) is 3.40. The first-order valence-corrected chi connectivity index (χ1v) is 9.57. The van der Waals surface area contributed by atoms with Crippen molar-refractivity contribution in [1.82, 2.24) is 14.5 Å². The Balaban J connectivity index is 1.81. The van der Waals surface area contributed by atoms with Gasteiger partial charge in [0.2, 0.25) is 5.91 Å². The lowest BCUT2D eigenvalue weighted by Gasteiger charge is -2.18. The molecule has 3 rings (SSSR count). The molecule has 1 amide bonds. The van der Waals surface area contributed by atoms with Crippen molar-refractivity contribution in [2.75, 3.05) is 20.7 Å². The fourth-order valence-corrected chi connectivity index (χ4v) is 3.03. The van der Waals surface area contributed by atoms with Gasteiger partial charge in [-0.2, -0.15) is 0 Å². The number of hydrogen-bond acceptors (Lipinski definition) is 4. The molecule has 0 saturated heterocycles. The number of fused-ring (bicyclic) bond motifs is 1. The number of likely N-dealkylation sites (N-methyl/N-ethyl adjacent to an activating group) is 1.